The smallest absolute Gasteiger partial charge is 0.299 e. The number of benzene rings is 3. The van der Waals surface area contributed by atoms with Crippen LogP contribution in [0, 0.1) is 6.92 Å². The normalized spacial score (nSPS) is 15.6. The van der Waals surface area contributed by atoms with Crippen LogP contribution in [0.4, 0.5) is 11.4 Å². The fraction of sp³-hybridized carbons (Fsp3) is 0.233. The van der Waals surface area contributed by atoms with E-state index in [2.05, 4.69) is 15.7 Å². The lowest BCUT2D eigenvalue weighted by Crippen LogP contribution is -2.31. The molecular weight excluding hydrogens is 512 g/mol. The molecule has 10 heteroatoms. The topological polar surface area (TPSA) is 113 Å². The molecule has 1 fully saturated rings. The van der Waals surface area contributed by atoms with E-state index in [0.717, 1.165) is 25.0 Å². The Hall–Kier alpha value is -4.83. The number of rotatable bonds is 8. The van der Waals surface area contributed by atoms with E-state index in [9.17, 15) is 9.59 Å². The molecule has 0 spiro atoms. The van der Waals surface area contributed by atoms with Crippen LogP contribution >= 0.6 is 0 Å². The maximum absolute atomic E-state index is 13.7. The minimum atomic E-state index is -0.402. The number of ether oxygens (including phenoxy) is 4. The van der Waals surface area contributed by atoms with E-state index in [1.54, 1.807) is 42.5 Å². The first-order chi connectivity index (χ1) is 19.5. The van der Waals surface area contributed by atoms with E-state index < -0.39 is 5.56 Å². The number of fused-ring (bicyclic) bond motifs is 1. The first-order valence-corrected chi connectivity index (χ1v) is 13.1. The molecule has 0 saturated carbocycles. The van der Waals surface area contributed by atoms with Gasteiger partial charge in [0.05, 0.1) is 18.0 Å². The molecule has 2 aliphatic heterocycles. The van der Waals surface area contributed by atoms with Gasteiger partial charge in [-0.05, 0) is 68.3 Å². The van der Waals surface area contributed by atoms with Crippen LogP contribution in [0.3, 0.4) is 0 Å². The van der Waals surface area contributed by atoms with E-state index in [0.29, 0.717) is 40.7 Å². The molecule has 1 amide bonds. The second-order valence-electron chi connectivity index (χ2n) is 9.60. The second kappa shape index (κ2) is 11.1. The molecule has 1 unspecified atom stereocenters. The number of carbonyl (C=O) groups is 1. The van der Waals surface area contributed by atoms with Crippen LogP contribution in [0.1, 0.15) is 28.8 Å². The van der Waals surface area contributed by atoms with Gasteiger partial charge in [0.15, 0.2) is 22.9 Å². The number of amides is 1. The van der Waals surface area contributed by atoms with E-state index >= 15 is 0 Å². The van der Waals surface area contributed by atoms with Gasteiger partial charge in [-0.25, -0.2) is 0 Å². The van der Waals surface area contributed by atoms with Gasteiger partial charge in [0.2, 0.25) is 6.79 Å². The molecule has 1 saturated heterocycles. The zero-order chi connectivity index (χ0) is 27.5. The monoisotopic (exact) mass is 540 g/mol. The maximum atomic E-state index is 13.7. The summed E-state index contributed by atoms with van der Waals surface area (Å²) in [4.78, 5) is 26.3. The lowest BCUT2D eigenvalue weighted by Gasteiger charge is -2.15. The number of nitrogens with one attached hydrogen (secondary N) is 2. The Kier molecular flexibility index (Phi) is 7.07. The summed E-state index contributed by atoms with van der Waals surface area (Å²) in [5.74, 6) is 1.69. The summed E-state index contributed by atoms with van der Waals surface area (Å²) in [5, 5.41) is 10.4. The van der Waals surface area contributed by atoms with Gasteiger partial charge in [0.1, 0.15) is 5.75 Å². The summed E-state index contributed by atoms with van der Waals surface area (Å²) in [6.45, 7) is 3.33. The summed E-state index contributed by atoms with van der Waals surface area (Å²) >= 11 is 0. The molecule has 3 heterocycles. The number of nitrogens with zero attached hydrogens (tertiary/aromatic N) is 2. The molecule has 2 aliphatic rings. The van der Waals surface area contributed by atoms with Gasteiger partial charge in [0, 0.05) is 30.5 Å². The highest BCUT2D eigenvalue weighted by atomic mass is 16.7. The number of aromatic nitrogens is 2. The molecule has 1 aromatic heterocycles. The molecule has 1 atom stereocenters. The summed E-state index contributed by atoms with van der Waals surface area (Å²) in [6.07, 6.45) is 3.52. The molecule has 3 aromatic carbocycles. The molecule has 40 heavy (non-hydrogen) atoms. The van der Waals surface area contributed by atoms with Crippen molar-refractivity contribution in [3.05, 3.63) is 94.4 Å². The van der Waals surface area contributed by atoms with Crippen molar-refractivity contribution in [2.24, 2.45) is 0 Å². The van der Waals surface area contributed by atoms with Crippen LogP contribution in [-0.4, -0.2) is 41.7 Å². The molecule has 0 aliphatic carbocycles. The largest absolute Gasteiger partial charge is 0.454 e. The Balaban J connectivity index is 1.27. The average molecular weight is 541 g/mol. The number of hydrogen-bond donors (Lipinski definition) is 2. The minimum absolute atomic E-state index is 0.0652. The van der Waals surface area contributed by atoms with Crippen LogP contribution in [-0.2, 0) is 4.74 Å². The predicted molar refractivity (Wildman–Crippen MR) is 148 cm³/mol. The SMILES string of the molecule is Cc1ccc(-n2ncc(Oc3ccc4c(c3)OCO4)c(Nc3ccc(C(=O)NCC4CCCO4)cc3)c2=O)cc1. The molecule has 2 N–H and O–H groups in total. The quantitative estimate of drug-likeness (QED) is 0.330. The van der Waals surface area contributed by atoms with Crippen LogP contribution in [0.25, 0.3) is 5.69 Å². The van der Waals surface area contributed by atoms with E-state index in [1.165, 1.54) is 10.9 Å². The third-order valence-corrected chi connectivity index (χ3v) is 6.72. The van der Waals surface area contributed by atoms with Crippen LogP contribution in [0.15, 0.2) is 77.7 Å². The average Bonchev–Trinajstić information content (AvgIpc) is 3.67. The number of aryl methyl sites for hydroxylation is 1. The highest BCUT2D eigenvalue weighted by molar-refractivity contribution is 5.94. The fourth-order valence-electron chi connectivity index (χ4n) is 4.53. The van der Waals surface area contributed by atoms with E-state index in [1.807, 2.05) is 31.2 Å². The summed E-state index contributed by atoms with van der Waals surface area (Å²) < 4.78 is 23.8. The van der Waals surface area contributed by atoms with Crippen molar-refractivity contribution in [3.8, 4) is 28.7 Å². The molecular formula is C30H28N4O6. The zero-order valence-electron chi connectivity index (χ0n) is 21.9. The van der Waals surface area contributed by atoms with Crippen LogP contribution in [0.2, 0.25) is 0 Å². The Morgan fingerprint density at radius 2 is 1.85 bits per heavy atom. The van der Waals surface area contributed by atoms with Crippen molar-refractivity contribution < 1.29 is 23.7 Å². The van der Waals surface area contributed by atoms with Gasteiger partial charge < -0.3 is 29.6 Å². The number of anilines is 2. The summed E-state index contributed by atoms with van der Waals surface area (Å²) in [5.41, 5.74) is 2.57. The Morgan fingerprint density at radius 3 is 2.62 bits per heavy atom. The molecule has 6 rings (SSSR count). The minimum Gasteiger partial charge on any atom is -0.454 e. The fourth-order valence-corrected chi connectivity index (χ4v) is 4.53. The first kappa shape index (κ1) is 25.4. The molecule has 204 valence electrons. The molecule has 4 aromatic rings. The second-order valence-corrected chi connectivity index (χ2v) is 9.60. The van der Waals surface area contributed by atoms with E-state index in [4.69, 9.17) is 18.9 Å². The first-order valence-electron chi connectivity index (χ1n) is 13.1. The molecule has 10 nitrogen and oxygen atoms in total. The number of carbonyl (C=O) groups excluding carboxylic acids is 1. The Labute approximate surface area is 230 Å². The highest BCUT2D eigenvalue weighted by Crippen LogP contribution is 2.37. The third kappa shape index (κ3) is 5.48. The van der Waals surface area contributed by atoms with Gasteiger partial charge in [0.25, 0.3) is 11.5 Å². The Bertz CT molecular complexity index is 1580. The predicted octanol–water partition coefficient (Wildman–Crippen LogP) is 4.71. The van der Waals surface area contributed by atoms with Gasteiger partial charge in [-0.3, -0.25) is 9.59 Å². The van der Waals surface area contributed by atoms with Gasteiger partial charge in [-0.15, -0.1) is 0 Å². The Morgan fingerprint density at radius 1 is 1.05 bits per heavy atom. The highest BCUT2D eigenvalue weighted by Gasteiger charge is 2.19. The van der Waals surface area contributed by atoms with Crippen LogP contribution < -0.4 is 30.4 Å². The summed E-state index contributed by atoms with van der Waals surface area (Å²) in [6, 6.07) is 19.5. The molecule has 0 radical (unpaired) electrons. The van der Waals surface area contributed by atoms with Crippen molar-refractivity contribution in [2.75, 3.05) is 25.3 Å². The summed E-state index contributed by atoms with van der Waals surface area (Å²) in [7, 11) is 0. The lowest BCUT2D eigenvalue weighted by molar-refractivity contribution is 0.0858. The van der Waals surface area contributed by atoms with Crippen molar-refractivity contribution in [1.82, 2.24) is 15.1 Å². The zero-order valence-corrected chi connectivity index (χ0v) is 21.9. The van der Waals surface area contributed by atoms with Gasteiger partial charge >= 0.3 is 0 Å². The van der Waals surface area contributed by atoms with Gasteiger partial charge in [-0.2, -0.15) is 9.78 Å². The molecule has 0 bridgehead atoms. The maximum Gasteiger partial charge on any atom is 0.299 e. The van der Waals surface area contributed by atoms with Crippen molar-refractivity contribution in [2.45, 2.75) is 25.9 Å². The van der Waals surface area contributed by atoms with Crippen molar-refractivity contribution in [1.29, 1.82) is 0 Å². The van der Waals surface area contributed by atoms with Gasteiger partial charge in [-0.1, -0.05) is 17.7 Å². The van der Waals surface area contributed by atoms with E-state index in [-0.39, 0.29) is 30.2 Å². The number of hydrogen-bond acceptors (Lipinski definition) is 8. The van der Waals surface area contributed by atoms with Crippen LogP contribution in [0.5, 0.6) is 23.0 Å². The third-order valence-electron chi connectivity index (χ3n) is 6.72. The lowest BCUT2D eigenvalue weighted by atomic mass is 10.1. The van der Waals surface area contributed by atoms with Crippen molar-refractivity contribution >= 4 is 17.3 Å². The van der Waals surface area contributed by atoms with Crippen molar-refractivity contribution in [3.63, 3.8) is 0 Å². The standard InChI is InChI=1S/C30H28N4O6/c1-19-4-10-22(11-5-19)34-30(36)28(27(17-32-34)40-23-12-13-25-26(15-23)39-18-38-25)33-21-8-6-20(7-9-21)29(35)31-16-24-3-2-14-37-24/h4-13,15,17,24,33H,2-3,14,16,18H2,1H3,(H,31,35).